The Bertz CT molecular complexity index is 149. The molecule has 3 nitrogen and oxygen atoms in total. The molecule has 0 radical (unpaired) electrons. The Hall–Kier alpha value is -0.830. The van der Waals surface area contributed by atoms with Gasteiger partial charge in [0, 0.05) is 13.5 Å². The molecule has 11 heavy (non-hydrogen) atoms. The Balaban J connectivity index is 4.09. The zero-order chi connectivity index (χ0) is 8.69. The van der Waals surface area contributed by atoms with Gasteiger partial charge in [0.1, 0.15) is 0 Å². The Labute approximate surface area is 67.0 Å². The molecule has 0 aliphatic rings. The van der Waals surface area contributed by atoms with Crippen LogP contribution in [0.15, 0.2) is 11.8 Å². The van der Waals surface area contributed by atoms with Gasteiger partial charge in [-0.25, -0.2) is 0 Å². The van der Waals surface area contributed by atoms with Crippen LogP contribution in [0.5, 0.6) is 0 Å². The molecule has 0 aromatic carbocycles. The monoisotopic (exact) mass is 158 g/mol. The first-order chi connectivity index (χ1) is 5.26. The van der Waals surface area contributed by atoms with Crippen LogP contribution >= 0.6 is 0 Å². The van der Waals surface area contributed by atoms with Crippen molar-refractivity contribution in [1.29, 1.82) is 0 Å². The van der Waals surface area contributed by atoms with Crippen molar-refractivity contribution in [3.63, 3.8) is 0 Å². The van der Waals surface area contributed by atoms with Crippen molar-refractivity contribution in [2.45, 2.75) is 13.3 Å². The van der Waals surface area contributed by atoms with E-state index in [1.165, 1.54) is 13.4 Å². The van der Waals surface area contributed by atoms with Gasteiger partial charge in [-0.05, 0) is 0 Å². The molecule has 3 heteroatoms. The second kappa shape index (κ2) is 5.92. The maximum atomic E-state index is 11.1. The predicted molar refractivity (Wildman–Crippen MR) is 42.3 cm³/mol. The molecular weight excluding hydrogens is 144 g/mol. The van der Waals surface area contributed by atoms with Crippen LogP contribution in [0.1, 0.15) is 13.3 Å². The Morgan fingerprint density at radius 2 is 2.09 bits per heavy atom. The van der Waals surface area contributed by atoms with Gasteiger partial charge in [0.2, 0.25) is 0 Å². The standard InChI is InChI=1S/C8H14O3/c1-4-8(9)7(5-10-2)6-11-3/h5H,4,6H2,1-3H3. The minimum Gasteiger partial charge on any atom is -0.504 e. The molecule has 0 N–H and O–H groups in total. The third kappa shape index (κ3) is 3.78. The van der Waals surface area contributed by atoms with Crippen molar-refractivity contribution in [3.05, 3.63) is 11.8 Å². The minimum atomic E-state index is 0.0636. The largest absolute Gasteiger partial charge is 0.504 e. The molecule has 0 amide bonds. The molecule has 0 rings (SSSR count). The van der Waals surface area contributed by atoms with Crippen LogP contribution in [-0.2, 0) is 14.3 Å². The van der Waals surface area contributed by atoms with Crippen LogP contribution in [0.4, 0.5) is 0 Å². The molecule has 0 heterocycles. The molecule has 64 valence electrons. The third-order valence-electron chi connectivity index (χ3n) is 1.24. The lowest BCUT2D eigenvalue weighted by atomic mass is 10.1. The number of carbonyl (C=O) groups excluding carboxylic acids is 1. The second-order valence-electron chi connectivity index (χ2n) is 2.09. The number of hydrogen-bond acceptors (Lipinski definition) is 3. The first-order valence-corrected chi connectivity index (χ1v) is 3.50. The lowest BCUT2D eigenvalue weighted by molar-refractivity contribution is -0.115. The summed E-state index contributed by atoms with van der Waals surface area (Å²) in [5.74, 6) is 0.0636. The molecule has 0 aromatic heterocycles. The van der Waals surface area contributed by atoms with Gasteiger partial charge < -0.3 is 9.47 Å². The number of rotatable bonds is 5. The van der Waals surface area contributed by atoms with E-state index < -0.39 is 0 Å². The zero-order valence-electron chi connectivity index (χ0n) is 7.22. The first-order valence-electron chi connectivity index (χ1n) is 3.50. The maximum Gasteiger partial charge on any atom is 0.163 e. The number of ether oxygens (including phenoxy) is 2. The van der Waals surface area contributed by atoms with Gasteiger partial charge in [-0.3, -0.25) is 4.79 Å². The van der Waals surface area contributed by atoms with Crippen molar-refractivity contribution in [3.8, 4) is 0 Å². The Morgan fingerprint density at radius 1 is 1.45 bits per heavy atom. The molecule has 0 saturated carbocycles. The van der Waals surface area contributed by atoms with Crippen LogP contribution in [0, 0.1) is 0 Å². The van der Waals surface area contributed by atoms with E-state index in [0.717, 1.165) is 0 Å². The van der Waals surface area contributed by atoms with Gasteiger partial charge >= 0.3 is 0 Å². The van der Waals surface area contributed by atoms with E-state index in [1.807, 2.05) is 6.92 Å². The number of ketones is 1. The summed E-state index contributed by atoms with van der Waals surface area (Å²) in [6, 6.07) is 0. The lowest BCUT2D eigenvalue weighted by Crippen LogP contribution is -2.06. The van der Waals surface area contributed by atoms with E-state index in [2.05, 4.69) is 0 Å². The second-order valence-corrected chi connectivity index (χ2v) is 2.09. The van der Waals surface area contributed by atoms with Crippen LogP contribution in [0.2, 0.25) is 0 Å². The summed E-state index contributed by atoms with van der Waals surface area (Å²) in [4.78, 5) is 11.1. The summed E-state index contributed by atoms with van der Waals surface area (Å²) in [5, 5.41) is 0. The highest BCUT2D eigenvalue weighted by Gasteiger charge is 2.05. The molecule has 0 aliphatic heterocycles. The van der Waals surface area contributed by atoms with Crippen LogP contribution < -0.4 is 0 Å². The molecule has 0 aromatic rings. The minimum absolute atomic E-state index is 0.0636. The normalized spacial score (nSPS) is 11.4. The summed E-state index contributed by atoms with van der Waals surface area (Å²) < 4.78 is 9.53. The first kappa shape index (κ1) is 10.2. The van der Waals surface area contributed by atoms with E-state index in [4.69, 9.17) is 9.47 Å². The van der Waals surface area contributed by atoms with Crippen molar-refractivity contribution in [2.75, 3.05) is 20.8 Å². The number of hydrogen-bond donors (Lipinski definition) is 0. The summed E-state index contributed by atoms with van der Waals surface area (Å²) in [7, 11) is 3.06. The van der Waals surface area contributed by atoms with E-state index in [-0.39, 0.29) is 5.78 Å². The van der Waals surface area contributed by atoms with Gasteiger partial charge in [-0.1, -0.05) is 6.92 Å². The van der Waals surface area contributed by atoms with Gasteiger partial charge in [-0.2, -0.15) is 0 Å². The molecule has 0 spiro atoms. The summed E-state index contributed by atoms with van der Waals surface area (Å²) >= 11 is 0. The third-order valence-corrected chi connectivity index (χ3v) is 1.24. The van der Waals surface area contributed by atoms with Gasteiger partial charge in [0.05, 0.1) is 25.6 Å². The van der Waals surface area contributed by atoms with E-state index in [0.29, 0.717) is 18.6 Å². The SMILES string of the molecule is CCC(=O)C(=COC)COC. The fraction of sp³-hybridized carbons (Fsp3) is 0.625. The van der Waals surface area contributed by atoms with E-state index in [9.17, 15) is 4.79 Å². The number of Topliss-reactive ketones (excluding diaryl/α,β-unsaturated/α-hetero) is 1. The van der Waals surface area contributed by atoms with Crippen molar-refractivity contribution < 1.29 is 14.3 Å². The van der Waals surface area contributed by atoms with Crippen LogP contribution in [0.25, 0.3) is 0 Å². The fourth-order valence-corrected chi connectivity index (χ4v) is 0.705. The zero-order valence-corrected chi connectivity index (χ0v) is 7.22. The molecule has 0 bridgehead atoms. The molecule has 0 saturated heterocycles. The molecule has 0 aliphatic carbocycles. The van der Waals surface area contributed by atoms with E-state index in [1.54, 1.807) is 7.11 Å². The predicted octanol–water partition coefficient (Wildman–Crippen LogP) is 1.14. The quantitative estimate of drug-likeness (QED) is 0.444. The smallest absolute Gasteiger partial charge is 0.163 e. The number of methoxy groups -OCH3 is 2. The Morgan fingerprint density at radius 3 is 2.45 bits per heavy atom. The number of carbonyl (C=O) groups is 1. The Kier molecular flexibility index (Phi) is 5.47. The average molecular weight is 158 g/mol. The van der Waals surface area contributed by atoms with Crippen molar-refractivity contribution in [2.24, 2.45) is 0 Å². The van der Waals surface area contributed by atoms with Crippen molar-refractivity contribution >= 4 is 5.78 Å². The summed E-state index contributed by atoms with van der Waals surface area (Å²) in [6.45, 7) is 2.13. The van der Waals surface area contributed by atoms with E-state index >= 15 is 0 Å². The molecule has 0 atom stereocenters. The molecular formula is C8H14O3. The van der Waals surface area contributed by atoms with Gasteiger partial charge in [0.25, 0.3) is 0 Å². The van der Waals surface area contributed by atoms with Gasteiger partial charge in [-0.15, -0.1) is 0 Å². The summed E-state index contributed by atoms with van der Waals surface area (Å²) in [5.41, 5.74) is 0.581. The fourth-order valence-electron chi connectivity index (χ4n) is 0.705. The maximum absolute atomic E-state index is 11.1. The topological polar surface area (TPSA) is 35.5 Å². The average Bonchev–Trinajstić information content (AvgIpc) is 2.03. The van der Waals surface area contributed by atoms with Crippen LogP contribution in [0.3, 0.4) is 0 Å². The van der Waals surface area contributed by atoms with Crippen LogP contribution in [-0.4, -0.2) is 26.6 Å². The molecule has 0 unspecified atom stereocenters. The highest BCUT2D eigenvalue weighted by Crippen LogP contribution is 2.00. The van der Waals surface area contributed by atoms with Crippen molar-refractivity contribution in [1.82, 2.24) is 0 Å². The lowest BCUT2D eigenvalue weighted by Gasteiger charge is -2.01. The summed E-state index contributed by atoms with van der Waals surface area (Å²) in [6.07, 6.45) is 1.91. The highest BCUT2D eigenvalue weighted by atomic mass is 16.5. The molecule has 0 fully saturated rings. The highest BCUT2D eigenvalue weighted by molar-refractivity contribution is 5.95. The van der Waals surface area contributed by atoms with Gasteiger partial charge in [0.15, 0.2) is 5.78 Å².